The minimum Gasteiger partial charge on any atom is -0.352 e. The van der Waals surface area contributed by atoms with E-state index in [1.54, 1.807) is 6.92 Å². The molecule has 24 heavy (non-hydrogen) atoms. The highest BCUT2D eigenvalue weighted by Gasteiger charge is 2.33. The van der Waals surface area contributed by atoms with Gasteiger partial charge in [0.2, 0.25) is 11.8 Å². The molecule has 8 heteroatoms. The van der Waals surface area contributed by atoms with Crippen LogP contribution in [0.4, 0.5) is 18.9 Å². The van der Waals surface area contributed by atoms with Gasteiger partial charge in [0.05, 0.1) is 24.3 Å². The van der Waals surface area contributed by atoms with Crippen molar-refractivity contribution in [3.05, 3.63) is 42.5 Å². The number of rotatable bonds is 8. The van der Waals surface area contributed by atoms with Crippen LogP contribution < -0.4 is 10.6 Å². The number of hydrogen-bond acceptors (Lipinski definition) is 3. The van der Waals surface area contributed by atoms with Gasteiger partial charge in [-0.3, -0.25) is 14.5 Å². The number of para-hydroxylation sites is 1. The zero-order valence-electron chi connectivity index (χ0n) is 13.3. The molecular weight excluding hydrogens is 323 g/mol. The average molecular weight is 343 g/mol. The van der Waals surface area contributed by atoms with Crippen molar-refractivity contribution in [1.29, 1.82) is 0 Å². The number of carbonyl (C=O) groups is 2. The quantitative estimate of drug-likeness (QED) is 0.712. The van der Waals surface area contributed by atoms with Crippen LogP contribution in [-0.4, -0.2) is 42.9 Å². The summed E-state index contributed by atoms with van der Waals surface area (Å²) in [6, 6.07) is 4.75. The van der Waals surface area contributed by atoms with Crippen LogP contribution in [-0.2, 0) is 15.8 Å². The molecule has 2 amide bonds. The number of nitrogens with one attached hydrogen (secondary N) is 2. The van der Waals surface area contributed by atoms with Crippen LogP contribution in [0.1, 0.15) is 12.5 Å². The van der Waals surface area contributed by atoms with E-state index < -0.39 is 17.6 Å². The predicted octanol–water partition coefficient (Wildman–Crippen LogP) is 2.27. The fraction of sp³-hybridized carbons (Fsp3) is 0.375. The van der Waals surface area contributed by atoms with E-state index in [9.17, 15) is 22.8 Å². The van der Waals surface area contributed by atoms with E-state index in [-0.39, 0.29) is 24.7 Å². The Hall–Kier alpha value is -2.35. The zero-order chi connectivity index (χ0) is 18.2. The molecular formula is C16H20F3N3O2. The second kappa shape index (κ2) is 9.07. The Kier molecular flexibility index (Phi) is 7.44. The normalized spacial score (nSPS) is 11.2. The van der Waals surface area contributed by atoms with Crippen LogP contribution >= 0.6 is 0 Å². The van der Waals surface area contributed by atoms with Crippen LogP contribution in [0.3, 0.4) is 0 Å². The number of alkyl halides is 3. The number of anilines is 1. The molecule has 0 aromatic heterocycles. The first-order valence-corrected chi connectivity index (χ1v) is 7.34. The molecule has 1 rings (SSSR count). The van der Waals surface area contributed by atoms with Gasteiger partial charge in [0.15, 0.2) is 0 Å². The SMILES string of the molecule is C=CCNC(=O)CN(CC)CC(=O)Nc1ccccc1C(F)(F)F. The van der Waals surface area contributed by atoms with Crippen LogP contribution in [0.25, 0.3) is 0 Å². The van der Waals surface area contributed by atoms with Gasteiger partial charge in [-0.15, -0.1) is 6.58 Å². The summed E-state index contributed by atoms with van der Waals surface area (Å²) >= 11 is 0. The lowest BCUT2D eigenvalue weighted by atomic mass is 10.1. The standard InChI is InChI=1S/C16H20F3N3O2/c1-3-9-20-14(23)10-22(4-2)11-15(24)21-13-8-6-5-7-12(13)16(17,18)19/h3,5-8H,1,4,9-11H2,2H3,(H,20,23)(H,21,24). The number of halogens is 3. The van der Waals surface area contributed by atoms with Gasteiger partial charge in [-0.05, 0) is 18.7 Å². The Morgan fingerprint density at radius 1 is 1.21 bits per heavy atom. The number of likely N-dealkylation sites (N-methyl/N-ethyl adjacent to an activating group) is 1. The van der Waals surface area contributed by atoms with Crippen LogP contribution in [0.2, 0.25) is 0 Å². The third-order valence-corrected chi connectivity index (χ3v) is 3.13. The van der Waals surface area contributed by atoms with E-state index in [0.717, 1.165) is 6.07 Å². The molecule has 0 bridgehead atoms. The van der Waals surface area contributed by atoms with E-state index in [1.165, 1.54) is 29.2 Å². The number of amides is 2. The Morgan fingerprint density at radius 2 is 1.83 bits per heavy atom. The first kappa shape index (κ1) is 19.7. The summed E-state index contributed by atoms with van der Waals surface area (Å²) in [5.74, 6) is -0.912. The van der Waals surface area contributed by atoms with E-state index in [1.807, 2.05) is 0 Å². The minimum atomic E-state index is -4.56. The first-order valence-electron chi connectivity index (χ1n) is 7.34. The van der Waals surface area contributed by atoms with Crippen LogP contribution in [0.5, 0.6) is 0 Å². The molecule has 2 N–H and O–H groups in total. The Morgan fingerprint density at radius 3 is 2.42 bits per heavy atom. The van der Waals surface area contributed by atoms with Crippen molar-refractivity contribution in [3.8, 4) is 0 Å². The number of nitrogens with zero attached hydrogens (tertiary/aromatic N) is 1. The van der Waals surface area contributed by atoms with Gasteiger partial charge >= 0.3 is 6.18 Å². The highest BCUT2D eigenvalue weighted by Crippen LogP contribution is 2.34. The lowest BCUT2D eigenvalue weighted by Crippen LogP contribution is -2.41. The molecule has 0 heterocycles. The van der Waals surface area contributed by atoms with Gasteiger partial charge in [0.25, 0.3) is 0 Å². The fourth-order valence-corrected chi connectivity index (χ4v) is 1.96. The van der Waals surface area contributed by atoms with Gasteiger partial charge in [-0.25, -0.2) is 0 Å². The van der Waals surface area contributed by atoms with Gasteiger partial charge in [-0.2, -0.15) is 13.2 Å². The van der Waals surface area contributed by atoms with Gasteiger partial charge < -0.3 is 10.6 Å². The molecule has 0 unspecified atom stereocenters. The van der Waals surface area contributed by atoms with Crippen molar-refractivity contribution in [2.75, 3.05) is 31.5 Å². The second-order valence-electron chi connectivity index (χ2n) is 4.99. The summed E-state index contributed by atoms with van der Waals surface area (Å²) < 4.78 is 38.7. The Balaban J connectivity index is 2.68. The highest BCUT2D eigenvalue weighted by atomic mass is 19.4. The fourth-order valence-electron chi connectivity index (χ4n) is 1.96. The molecule has 0 radical (unpaired) electrons. The summed E-state index contributed by atoms with van der Waals surface area (Å²) in [7, 11) is 0. The summed E-state index contributed by atoms with van der Waals surface area (Å²) in [6.45, 7) is 5.70. The number of hydrogen-bond donors (Lipinski definition) is 2. The topological polar surface area (TPSA) is 61.4 Å². The maximum Gasteiger partial charge on any atom is 0.418 e. The van der Waals surface area contributed by atoms with Crippen molar-refractivity contribution in [2.24, 2.45) is 0 Å². The third kappa shape index (κ3) is 6.41. The summed E-state index contributed by atoms with van der Waals surface area (Å²) in [5, 5.41) is 4.82. The summed E-state index contributed by atoms with van der Waals surface area (Å²) in [4.78, 5) is 25.1. The molecule has 1 aromatic carbocycles. The molecule has 1 aromatic rings. The second-order valence-corrected chi connectivity index (χ2v) is 4.99. The van der Waals surface area contributed by atoms with Crippen molar-refractivity contribution in [3.63, 3.8) is 0 Å². The van der Waals surface area contributed by atoms with Crippen LogP contribution in [0, 0.1) is 0 Å². The minimum absolute atomic E-state index is 0.0291. The third-order valence-electron chi connectivity index (χ3n) is 3.13. The van der Waals surface area contributed by atoms with Crippen molar-refractivity contribution in [2.45, 2.75) is 13.1 Å². The smallest absolute Gasteiger partial charge is 0.352 e. The molecule has 132 valence electrons. The Bertz CT molecular complexity index is 588. The molecule has 0 aliphatic heterocycles. The molecule has 0 spiro atoms. The molecule has 0 saturated heterocycles. The molecule has 0 aliphatic carbocycles. The van der Waals surface area contributed by atoms with Crippen molar-refractivity contribution < 1.29 is 22.8 Å². The number of carbonyl (C=O) groups excluding carboxylic acids is 2. The summed E-state index contributed by atoms with van der Waals surface area (Å²) in [6.07, 6.45) is -3.03. The predicted molar refractivity (Wildman–Crippen MR) is 85.4 cm³/mol. The van der Waals surface area contributed by atoms with Gasteiger partial charge in [0, 0.05) is 6.54 Å². The van der Waals surface area contributed by atoms with Gasteiger partial charge in [-0.1, -0.05) is 25.1 Å². The van der Waals surface area contributed by atoms with E-state index >= 15 is 0 Å². The van der Waals surface area contributed by atoms with Crippen LogP contribution in [0.15, 0.2) is 36.9 Å². The monoisotopic (exact) mass is 343 g/mol. The molecule has 0 aliphatic rings. The number of benzene rings is 1. The van der Waals surface area contributed by atoms with Gasteiger partial charge in [0.1, 0.15) is 0 Å². The molecule has 0 atom stereocenters. The van der Waals surface area contributed by atoms with E-state index in [0.29, 0.717) is 13.1 Å². The lowest BCUT2D eigenvalue weighted by Gasteiger charge is -2.20. The maximum absolute atomic E-state index is 12.9. The Labute approximate surface area is 138 Å². The van der Waals surface area contributed by atoms with E-state index in [4.69, 9.17) is 0 Å². The lowest BCUT2D eigenvalue weighted by molar-refractivity contribution is -0.137. The zero-order valence-corrected chi connectivity index (χ0v) is 13.3. The van der Waals surface area contributed by atoms with Crippen molar-refractivity contribution in [1.82, 2.24) is 10.2 Å². The largest absolute Gasteiger partial charge is 0.418 e. The molecule has 0 fully saturated rings. The maximum atomic E-state index is 12.9. The first-order chi connectivity index (χ1) is 11.3. The van der Waals surface area contributed by atoms with E-state index in [2.05, 4.69) is 17.2 Å². The molecule has 0 saturated carbocycles. The molecule has 5 nitrogen and oxygen atoms in total. The highest BCUT2D eigenvalue weighted by molar-refractivity contribution is 5.93. The van der Waals surface area contributed by atoms with Crippen molar-refractivity contribution >= 4 is 17.5 Å². The average Bonchev–Trinajstić information content (AvgIpc) is 2.51. The summed E-state index contributed by atoms with van der Waals surface area (Å²) in [5.41, 5.74) is -1.22.